The Morgan fingerprint density at radius 2 is 2.00 bits per heavy atom. The minimum absolute atomic E-state index is 0.349. The average Bonchev–Trinajstić information content (AvgIpc) is 2.31. The molecule has 2 heteroatoms. The van der Waals surface area contributed by atoms with E-state index in [4.69, 9.17) is 0 Å². The minimum atomic E-state index is -0.349. The molecule has 1 aliphatic heterocycles. The number of nitrogens with one attached hydrogen (secondary N) is 1. The van der Waals surface area contributed by atoms with Gasteiger partial charge in [0, 0.05) is 0 Å². The van der Waals surface area contributed by atoms with Crippen LogP contribution in [0.5, 0.6) is 0 Å². The first-order chi connectivity index (χ1) is 7.77. The average molecular weight is 219 g/mol. The van der Waals surface area contributed by atoms with Crippen LogP contribution in [0.4, 0.5) is 0 Å². The van der Waals surface area contributed by atoms with E-state index >= 15 is 0 Å². The van der Waals surface area contributed by atoms with Crippen molar-refractivity contribution in [3.63, 3.8) is 0 Å². The van der Waals surface area contributed by atoms with Crippen molar-refractivity contribution in [2.24, 2.45) is 5.92 Å². The van der Waals surface area contributed by atoms with Gasteiger partial charge in [-0.2, -0.15) is 0 Å². The number of aliphatic hydroxyl groups excluding tert-OH is 1. The zero-order valence-electron chi connectivity index (χ0n) is 9.95. The van der Waals surface area contributed by atoms with Gasteiger partial charge in [-0.1, -0.05) is 24.3 Å². The van der Waals surface area contributed by atoms with Crippen molar-refractivity contribution in [1.82, 2.24) is 5.32 Å². The van der Waals surface area contributed by atoms with Gasteiger partial charge in [0.05, 0.1) is 6.10 Å². The van der Waals surface area contributed by atoms with E-state index in [-0.39, 0.29) is 6.10 Å². The minimum Gasteiger partial charge on any atom is -0.389 e. The molecule has 1 atom stereocenters. The molecule has 1 fully saturated rings. The van der Waals surface area contributed by atoms with Gasteiger partial charge in [-0.3, -0.25) is 0 Å². The van der Waals surface area contributed by atoms with E-state index < -0.39 is 0 Å². The van der Waals surface area contributed by atoms with Crippen LogP contribution >= 0.6 is 0 Å². The number of hydrogen-bond acceptors (Lipinski definition) is 2. The van der Waals surface area contributed by atoms with E-state index in [1.54, 1.807) is 0 Å². The topological polar surface area (TPSA) is 32.3 Å². The molecule has 2 rings (SSSR count). The first-order valence-corrected chi connectivity index (χ1v) is 6.24. The quantitative estimate of drug-likeness (QED) is 0.817. The van der Waals surface area contributed by atoms with E-state index in [1.165, 1.54) is 18.4 Å². The highest BCUT2D eigenvalue weighted by Crippen LogP contribution is 2.23. The van der Waals surface area contributed by atoms with Crippen LogP contribution in [0.2, 0.25) is 0 Å². The van der Waals surface area contributed by atoms with Gasteiger partial charge in [0.25, 0.3) is 0 Å². The summed E-state index contributed by atoms with van der Waals surface area (Å²) in [6.07, 6.45) is 3.28. The Hall–Kier alpha value is -0.860. The summed E-state index contributed by atoms with van der Waals surface area (Å²) in [4.78, 5) is 0. The third-order valence-electron chi connectivity index (χ3n) is 3.47. The summed E-state index contributed by atoms with van der Waals surface area (Å²) in [5.41, 5.74) is 2.42. The molecule has 1 aromatic carbocycles. The molecular formula is C14H21NO. The molecule has 0 spiro atoms. The lowest BCUT2D eigenvalue weighted by atomic mass is 9.88. The Morgan fingerprint density at radius 1 is 1.31 bits per heavy atom. The highest BCUT2D eigenvalue weighted by Gasteiger charge is 2.16. The van der Waals surface area contributed by atoms with Gasteiger partial charge in [-0.05, 0) is 56.3 Å². The molecule has 0 aromatic heterocycles. The lowest BCUT2D eigenvalue weighted by Crippen LogP contribution is -2.28. The van der Waals surface area contributed by atoms with Gasteiger partial charge in [-0.15, -0.1) is 0 Å². The molecule has 1 heterocycles. The van der Waals surface area contributed by atoms with Gasteiger partial charge < -0.3 is 10.4 Å². The summed E-state index contributed by atoms with van der Waals surface area (Å²) in [6.45, 7) is 4.13. The molecule has 1 unspecified atom stereocenters. The van der Waals surface area contributed by atoms with Crippen LogP contribution in [-0.2, 0) is 6.42 Å². The van der Waals surface area contributed by atoms with Crippen LogP contribution in [-0.4, -0.2) is 18.2 Å². The van der Waals surface area contributed by atoms with Crippen molar-refractivity contribution in [2.45, 2.75) is 32.3 Å². The highest BCUT2D eigenvalue weighted by molar-refractivity contribution is 5.29. The molecule has 2 N–H and O–H groups in total. The largest absolute Gasteiger partial charge is 0.389 e. The van der Waals surface area contributed by atoms with Crippen molar-refractivity contribution >= 4 is 0 Å². The van der Waals surface area contributed by atoms with Crippen LogP contribution in [0.25, 0.3) is 0 Å². The molecule has 0 bridgehead atoms. The fourth-order valence-electron chi connectivity index (χ4n) is 2.52. The van der Waals surface area contributed by atoms with E-state index in [0.29, 0.717) is 0 Å². The second kappa shape index (κ2) is 5.46. The van der Waals surface area contributed by atoms with Crippen LogP contribution in [0.3, 0.4) is 0 Å². The van der Waals surface area contributed by atoms with E-state index in [1.807, 2.05) is 19.1 Å². The molecule has 1 aliphatic rings. The van der Waals surface area contributed by atoms with Crippen LogP contribution in [0.1, 0.15) is 37.0 Å². The van der Waals surface area contributed by atoms with E-state index in [0.717, 1.165) is 31.0 Å². The number of piperidine rings is 1. The zero-order chi connectivity index (χ0) is 11.4. The standard InChI is InChI=1S/C14H21NO/c1-11(16)14-5-3-2-4-13(14)10-12-6-8-15-9-7-12/h2-5,11-12,15-16H,6-10H2,1H3. The summed E-state index contributed by atoms with van der Waals surface area (Å²) < 4.78 is 0. The molecule has 16 heavy (non-hydrogen) atoms. The fraction of sp³-hybridized carbons (Fsp3) is 0.571. The molecular weight excluding hydrogens is 198 g/mol. The predicted octanol–water partition coefficient (Wildman–Crippen LogP) is 2.28. The van der Waals surface area contributed by atoms with Crippen LogP contribution < -0.4 is 5.32 Å². The summed E-state index contributed by atoms with van der Waals surface area (Å²) in [6, 6.07) is 8.28. The summed E-state index contributed by atoms with van der Waals surface area (Å²) in [7, 11) is 0. The highest BCUT2D eigenvalue weighted by atomic mass is 16.3. The lowest BCUT2D eigenvalue weighted by molar-refractivity contribution is 0.197. The van der Waals surface area contributed by atoms with Crippen molar-refractivity contribution in [3.8, 4) is 0 Å². The number of aliphatic hydroxyl groups is 1. The summed E-state index contributed by atoms with van der Waals surface area (Å²) >= 11 is 0. The zero-order valence-corrected chi connectivity index (χ0v) is 9.95. The fourth-order valence-corrected chi connectivity index (χ4v) is 2.52. The Balaban J connectivity index is 2.07. The predicted molar refractivity (Wildman–Crippen MR) is 66.4 cm³/mol. The van der Waals surface area contributed by atoms with Crippen molar-refractivity contribution in [2.75, 3.05) is 13.1 Å². The molecule has 0 amide bonds. The number of rotatable bonds is 3. The van der Waals surface area contributed by atoms with Crippen LogP contribution in [0, 0.1) is 5.92 Å². The molecule has 1 aromatic rings. The van der Waals surface area contributed by atoms with Gasteiger partial charge in [0.2, 0.25) is 0 Å². The maximum absolute atomic E-state index is 9.72. The molecule has 0 aliphatic carbocycles. The third kappa shape index (κ3) is 2.83. The molecule has 0 saturated carbocycles. The molecule has 1 saturated heterocycles. The maximum Gasteiger partial charge on any atom is 0.0764 e. The molecule has 88 valence electrons. The van der Waals surface area contributed by atoms with Crippen molar-refractivity contribution in [1.29, 1.82) is 0 Å². The Morgan fingerprint density at radius 3 is 2.69 bits per heavy atom. The van der Waals surface area contributed by atoms with E-state index in [2.05, 4.69) is 17.4 Å². The smallest absolute Gasteiger partial charge is 0.0764 e. The second-order valence-corrected chi connectivity index (χ2v) is 4.77. The van der Waals surface area contributed by atoms with Crippen molar-refractivity contribution in [3.05, 3.63) is 35.4 Å². The SMILES string of the molecule is CC(O)c1ccccc1CC1CCNCC1. The normalized spacial score (nSPS) is 19.6. The van der Waals surface area contributed by atoms with Gasteiger partial charge in [0.1, 0.15) is 0 Å². The van der Waals surface area contributed by atoms with Gasteiger partial charge in [0.15, 0.2) is 0 Å². The maximum atomic E-state index is 9.72. The summed E-state index contributed by atoms with van der Waals surface area (Å²) in [5.74, 6) is 0.779. The Labute approximate surface area is 97.7 Å². The molecule has 0 radical (unpaired) electrons. The lowest BCUT2D eigenvalue weighted by Gasteiger charge is -2.24. The number of hydrogen-bond donors (Lipinski definition) is 2. The van der Waals surface area contributed by atoms with Crippen molar-refractivity contribution < 1.29 is 5.11 Å². The molecule has 2 nitrogen and oxygen atoms in total. The Bertz CT molecular complexity index is 329. The third-order valence-corrected chi connectivity index (χ3v) is 3.47. The van der Waals surface area contributed by atoms with Crippen LogP contribution in [0.15, 0.2) is 24.3 Å². The number of benzene rings is 1. The summed E-state index contributed by atoms with van der Waals surface area (Å²) in [5, 5.41) is 13.1. The van der Waals surface area contributed by atoms with E-state index in [9.17, 15) is 5.11 Å². The first kappa shape index (κ1) is 11.6. The van der Waals surface area contributed by atoms with Gasteiger partial charge in [-0.25, -0.2) is 0 Å². The Kier molecular flexibility index (Phi) is 3.97. The van der Waals surface area contributed by atoms with Gasteiger partial charge >= 0.3 is 0 Å². The first-order valence-electron chi connectivity index (χ1n) is 6.24. The second-order valence-electron chi connectivity index (χ2n) is 4.77. The monoisotopic (exact) mass is 219 g/mol.